The second-order valence-electron chi connectivity index (χ2n) is 1.28. The molecule has 4 heteroatoms. The molecule has 49 valence electrons. The molecule has 1 heterocycles. The van der Waals surface area contributed by atoms with Gasteiger partial charge in [0.2, 0.25) is 0 Å². The van der Waals surface area contributed by atoms with Crippen LogP contribution in [0.25, 0.3) is 0 Å². The number of hydrogen-bond donors (Lipinski definition) is 0. The standard InChI is InChI=1S/C5H6P.2ClH.Zr/c1-5-3-2-4-6-5;;;/h2-4H,1H3;2*1H;/q-1;;;+3/p-2. The Morgan fingerprint density at radius 1 is 1.33 bits per heavy atom. The van der Waals surface area contributed by atoms with Crippen molar-refractivity contribution in [2.45, 2.75) is 6.92 Å². The third-order valence-corrected chi connectivity index (χ3v) is 1.58. The average molecular weight is 259 g/mol. The van der Waals surface area contributed by atoms with Crippen molar-refractivity contribution in [3.63, 3.8) is 0 Å². The Balaban J connectivity index is -0.000000120. The predicted octanol–water partition coefficient (Wildman–Crippen LogP) is -3.70. The summed E-state index contributed by atoms with van der Waals surface area (Å²) in [5, 5.41) is 1.44. The maximum atomic E-state index is 2.13. The molecule has 0 saturated heterocycles. The van der Waals surface area contributed by atoms with E-state index in [-0.39, 0.29) is 51.0 Å². The van der Waals surface area contributed by atoms with Gasteiger partial charge in [-0.2, -0.15) is 11.9 Å². The SMILES string of the molecule is C[c-]1cccp1.[Cl-].[Cl-].[Zr+3]. The first-order valence-electron chi connectivity index (χ1n) is 1.94. The average Bonchev–Trinajstić information content (AvgIpc) is 1.86. The van der Waals surface area contributed by atoms with Crippen LogP contribution in [-0.2, 0) is 26.2 Å². The summed E-state index contributed by atoms with van der Waals surface area (Å²) in [6.45, 7) is 2.13. The van der Waals surface area contributed by atoms with Crippen LogP contribution in [0.3, 0.4) is 0 Å². The molecule has 0 unspecified atom stereocenters. The molecule has 0 atom stereocenters. The van der Waals surface area contributed by atoms with Crippen molar-refractivity contribution in [2.24, 2.45) is 0 Å². The molecule has 1 aromatic heterocycles. The predicted molar refractivity (Wildman–Crippen MR) is 29.3 cm³/mol. The van der Waals surface area contributed by atoms with E-state index < -0.39 is 0 Å². The van der Waals surface area contributed by atoms with Crippen LogP contribution in [0.1, 0.15) is 5.30 Å². The molecule has 0 spiro atoms. The zero-order valence-corrected chi connectivity index (χ0v) is 9.80. The molecule has 0 aliphatic rings. The molecular weight excluding hydrogens is 253 g/mol. The maximum Gasteiger partial charge on any atom is 3.00 e. The van der Waals surface area contributed by atoms with Gasteiger partial charge in [-0.15, -0.1) is 5.30 Å². The summed E-state index contributed by atoms with van der Waals surface area (Å²) < 4.78 is 0. The largest absolute Gasteiger partial charge is 3.00 e. The molecule has 0 nitrogen and oxygen atoms in total. The van der Waals surface area contributed by atoms with Gasteiger partial charge in [-0.1, -0.05) is 6.92 Å². The molecular formula is C5H6Cl2PZr. The van der Waals surface area contributed by atoms with E-state index in [0.717, 1.165) is 0 Å². The van der Waals surface area contributed by atoms with Crippen LogP contribution in [-0.4, -0.2) is 0 Å². The second kappa shape index (κ2) is 9.24. The summed E-state index contributed by atoms with van der Waals surface area (Å²) in [5.41, 5.74) is 0. The van der Waals surface area contributed by atoms with Crippen LogP contribution in [0.15, 0.2) is 17.9 Å². The Morgan fingerprint density at radius 2 is 1.89 bits per heavy atom. The van der Waals surface area contributed by atoms with Gasteiger partial charge in [0.1, 0.15) is 0 Å². The van der Waals surface area contributed by atoms with Gasteiger partial charge in [-0.25, -0.2) is 14.3 Å². The summed E-state index contributed by atoms with van der Waals surface area (Å²) >= 11 is 0. The van der Waals surface area contributed by atoms with Gasteiger partial charge in [0.05, 0.1) is 0 Å². The van der Waals surface area contributed by atoms with Crippen molar-refractivity contribution in [3.05, 3.63) is 23.2 Å². The fraction of sp³-hybridized carbons (Fsp3) is 0.200. The molecule has 0 aliphatic carbocycles. The van der Waals surface area contributed by atoms with E-state index >= 15 is 0 Å². The molecule has 0 N–H and O–H groups in total. The minimum atomic E-state index is 0. The zero-order chi connectivity index (χ0) is 4.41. The Hall–Kier alpha value is 1.24. The maximum absolute atomic E-state index is 2.13. The summed E-state index contributed by atoms with van der Waals surface area (Å²) in [6.07, 6.45) is 0. The molecule has 0 aromatic carbocycles. The van der Waals surface area contributed by atoms with E-state index in [0.29, 0.717) is 0 Å². The quantitative estimate of drug-likeness (QED) is 0.421. The number of halogens is 2. The smallest absolute Gasteiger partial charge is 1.00 e. The van der Waals surface area contributed by atoms with Crippen molar-refractivity contribution in [1.82, 2.24) is 0 Å². The van der Waals surface area contributed by atoms with Gasteiger partial charge in [0.25, 0.3) is 0 Å². The van der Waals surface area contributed by atoms with Gasteiger partial charge in [0.15, 0.2) is 0 Å². The summed E-state index contributed by atoms with van der Waals surface area (Å²) in [5.74, 6) is 2.13. The first-order chi connectivity index (χ1) is 2.89. The fourth-order valence-corrected chi connectivity index (χ4v) is 0.965. The molecule has 0 aliphatic heterocycles. The molecule has 0 saturated carbocycles. The van der Waals surface area contributed by atoms with Crippen LogP contribution in [0, 0.1) is 6.92 Å². The van der Waals surface area contributed by atoms with Crippen LogP contribution in [0.2, 0.25) is 0 Å². The van der Waals surface area contributed by atoms with E-state index in [1.54, 1.807) is 0 Å². The molecule has 1 aromatic rings. The minimum absolute atomic E-state index is 0. The van der Waals surface area contributed by atoms with Crippen LogP contribution < -0.4 is 24.8 Å². The monoisotopic (exact) mass is 257 g/mol. The third-order valence-electron chi connectivity index (χ3n) is 0.702. The third kappa shape index (κ3) is 7.14. The van der Waals surface area contributed by atoms with E-state index in [4.69, 9.17) is 0 Å². The molecule has 1 rings (SSSR count). The molecule has 9 heavy (non-hydrogen) atoms. The van der Waals surface area contributed by atoms with Gasteiger partial charge in [-0.3, -0.25) is 0 Å². The Morgan fingerprint density at radius 3 is 2.00 bits per heavy atom. The van der Waals surface area contributed by atoms with Crippen molar-refractivity contribution in [3.8, 4) is 0 Å². The molecule has 1 radical (unpaired) electrons. The first kappa shape index (κ1) is 16.7. The van der Waals surface area contributed by atoms with Gasteiger partial charge in [-0.05, 0) is 0 Å². The number of aryl methyl sites for hydroxylation is 1. The van der Waals surface area contributed by atoms with Crippen molar-refractivity contribution >= 4 is 8.19 Å². The van der Waals surface area contributed by atoms with Crippen LogP contribution >= 0.6 is 8.19 Å². The molecule has 0 fully saturated rings. The Bertz CT molecular complexity index is 119. The summed E-state index contributed by atoms with van der Waals surface area (Å²) in [7, 11) is 1.37. The molecule has 0 amide bonds. The minimum Gasteiger partial charge on any atom is -1.00 e. The van der Waals surface area contributed by atoms with Crippen LogP contribution in [0.4, 0.5) is 0 Å². The fourth-order valence-electron chi connectivity index (χ4n) is 0.386. The van der Waals surface area contributed by atoms with E-state index in [1.807, 2.05) is 0 Å². The normalized spacial score (nSPS) is 6.78. The van der Waals surface area contributed by atoms with Gasteiger partial charge >= 0.3 is 26.2 Å². The first-order valence-corrected chi connectivity index (χ1v) is 2.90. The number of rotatable bonds is 0. The van der Waals surface area contributed by atoms with Gasteiger partial charge in [0, 0.05) is 0 Å². The van der Waals surface area contributed by atoms with E-state index in [2.05, 4.69) is 24.9 Å². The van der Waals surface area contributed by atoms with Crippen LogP contribution in [0.5, 0.6) is 0 Å². The van der Waals surface area contributed by atoms with E-state index in [1.165, 1.54) is 13.5 Å². The zero-order valence-electron chi connectivity index (χ0n) is 4.94. The molecule has 0 bridgehead atoms. The van der Waals surface area contributed by atoms with Crippen molar-refractivity contribution in [1.29, 1.82) is 0 Å². The van der Waals surface area contributed by atoms with Crippen molar-refractivity contribution < 1.29 is 51.0 Å². The Kier molecular flexibility index (Phi) is 17.1. The van der Waals surface area contributed by atoms with Gasteiger partial charge < -0.3 is 24.8 Å². The summed E-state index contributed by atoms with van der Waals surface area (Å²) in [6, 6.07) is 4.21. The van der Waals surface area contributed by atoms with E-state index in [9.17, 15) is 0 Å². The summed E-state index contributed by atoms with van der Waals surface area (Å²) in [4.78, 5) is 0. The second-order valence-corrected chi connectivity index (χ2v) is 2.54. The number of hydrogen-bond acceptors (Lipinski definition) is 0. The Labute approximate surface area is 88.8 Å². The topological polar surface area (TPSA) is 0 Å². The van der Waals surface area contributed by atoms with Crippen molar-refractivity contribution in [2.75, 3.05) is 0 Å².